The van der Waals surface area contributed by atoms with Gasteiger partial charge in [-0.15, -0.1) is 0 Å². The Balaban J connectivity index is 1.95. The number of nitrogens with one attached hydrogen (secondary N) is 1. The number of hydrogen-bond donors (Lipinski definition) is 1. The van der Waals surface area contributed by atoms with Gasteiger partial charge >= 0.3 is 0 Å². The summed E-state index contributed by atoms with van der Waals surface area (Å²) < 4.78 is 4.99. The zero-order valence-electron chi connectivity index (χ0n) is 10.7. The molecule has 0 aromatic heterocycles. The summed E-state index contributed by atoms with van der Waals surface area (Å²) >= 11 is 2.14. The molecule has 1 N–H and O–H groups in total. The third kappa shape index (κ3) is 6.09. The Morgan fingerprint density at radius 2 is 2.31 bits per heavy atom. The van der Waals surface area contributed by atoms with Gasteiger partial charge in [0, 0.05) is 37.7 Å². The van der Waals surface area contributed by atoms with Crippen molar-refractivity contribution in [3.63, 3.8) is 0 Å². The van der Waals surface area contributed by atoms with E-state index in [1.54, 1.807) is 7.11 Å². The molecule has 0 radical (unpaired) electrons. The van der Waals surface area contributed by atoms with E-state index < -0.39 is 0 Å². The molecular weight excluding hydrogens is 220 g/mol. The van der Waals surface area contributed by atoms with Gasteiger partial charge in [-0.05, 0) is 25.9 Å². The number of methoxy groups -OCH3 is 1. The molecule has 1 aliphatic heterocycles. The van der Waals surface area contributed by atoms with Crippen LogP contribution in [-0.4, -0.2) is 62.3 Å². The molecule has 0 aromatic rings. The fraction of sp³-hybridized carbons (Fsp3) is 1.00. The van der Waals surface area contributed by atoms with Crippen molar-refractivity contribution in [2.75, 3.05) is 52.2 Å². The van der Waals surface area contributed by atoms with Crippen LogP contribution in [0, 0.1) is 0 Å². The minimum Gasteiger partial charge on any atom is -0.383 e. The van der Waals surface area contributed by atoms with Crippen LogP contribution in [0.3, 0.4) is 0 Å². The van der Waals surface area contributed by atoms with Crippen LogP contribution in [0.4, 0.5) is 0 Å². The van der Waals surface area contributed by atoms with Gasteiger partial charge in [-0.3, -0.25) is 0 Å². The van der Waals surface area contributed by atoms with Crippen molar-refractivity contribution in [1.29, 1.82) is 0 Å². The second-order valence-corrected chi connectivity index (χ2v) is 5.71. The first kappa shape index (κ1) is 14.3. The average Bonchev–Trinajstić information content (AvgIpc) is 2.34. The molecule has 1 aliphatic rings. The third-order valence-corrected chi connectivity index (χ3v) is 4.36. The van der Waals surface area contributed by atoms with Crippen LogP contribution >= 0.6 is 11.8 Å². The second-order valence-electron chi connectivity index (χ2n) is 4.30. The van der Waals surface area contributed by atoms with E-state index in [0.29, 0.717) is 0 Å². The zero-order chi connectivity index (χ0) is 11.6. The molecule has 1 atom stereocenters. The molecule has 1 fully saturated rings. The molecule has 96 valence electrons. The summed E-state index contributed by atoms with van der Waals surface area (Å²) in [6.07, 6.45) is 2.57. The maximum atomic E-state index is 4.99. The molecule has 0 aliphatic carbocycles. The van der Waals surface area contributed by atoms with Gasteiger partial charge in [0.05, 0.1) is 6.61 Å². The first-order valence-electron chi connectivity index (χ1n) is 6.40. The van der Waals surface area contributed by atoms with E-state index in [9.17, 15) is 0 Å². The van der Waals surface area contributed by atoms with Crippen LogP contribution in [0.5, 0.6) is 0 Å². The molecule has 4 heteroatoms. The highest BCUT2D eigenvalue weighted by Gasteiger charge is 2.17. The Hall–Kier alpha value is 0.230. The number of ether oxygens (including phenoxy) is 1. The fourth-order valence-corrected chi connectivity index (χ4v) is 3.21. The maximum Gasteiger partial charge on any atom is 0.0587 e. The summed E-state index contributed by atoms with van der Waals surface area (Å²) in [4.78, 5) is 2.61. The SMILES string of the molecule is CCC1CN(CCCNCCOC)CCS1. The molecule has 16 heavy (non-hydrogen) atoms. The molecule has 0 spiro atoms. The van der Waals surface area contributed by atoms with Crippen molar-refractivity contribution in [3.05, 3.63) is 0 Å². The first-order valence-corrected chi connectivity index (χ1v) is 7.45. The van der Waals surface area contributed by atoms with E-state index in [1.807, 2.05) is 0 Å². The Bertz CT molecular complexity index is 169. The van der Waals surface area contributed by atoms with E-state index in [0.717, 1.165) is 24.9 Å². The van der Waals surface area contributed by atoms with Crippen molar-refractivity contribution in [3.8, 4) is 0 Å². The van der Waals surface area contributed by atoms with Crippen molar-refractivity contribution >= 4 is 11.8 Å². The van der Waals surface area contributed by atoms with Gasteiger partial charge in [0.2, 0.25) is 0 Å². The standard InChI is InChI=1S/C12H26N2OS/c1-3-12-11-14(8-10-16-12)7-4-5-13-6-9-15-2/h12-13H,3-11H2,1-2H3. The average molecular weight is 246 g/mol. The van der Waals surface area contributed by atoms with Gasteiger partial charge < -0.3 is 15.0 Å². The van der Waals surface area contributed by atoms with Gasteiger partial charge in [-0.2, -0.15) is 11.8 Å². The van der Waals surface area contributed by atoms with E-state index in [2.05, 4.69) is 28.9 Å². The lowest BCUT2D eigenvalue weighted by Gasteiger charge is -2.31. The van der Waals surface area contributed by atoms with Gasteiger partial charge in [0.1, 0.15) is 0 Å². The number of rotatable bonds is 8. The van der Waals surface area contributed by atoms with Crippen LogP contribution in [0.2, 0.25) is 0 Å². The molecule has 1 unspecified atom stereocenters. The molecular formula is C12H26N2OS. The molecule has 1 saturated heterocycles. The Labute approximate surface area is 104 Å². The Morgan fingerprint density at radius 1 is 1.44 bits per heavy atom. The lowest BCUT2D eigenvalue weighted by molar-refractivity contribution is 0.198. The minimum atomic E-state index is 0.818. The minimum absolute atomic E-state index is 0.818. The van der Waals surface area contributed by atoms with E-state index in [4.69, 9.17) is 4.74 Å². The van der Waals surface area contributed by atoms with E-state index in [-0.39, 0.29) is 0 Å². The predicted octanol–water partition coefficient (Wildman–Crippen LogP) is 1.44. The fourth-order valence-electron chi connectivity index (χ4n) is 1.96. The topological polar surface area (TPSA) is 24.5 Å². The van der Waals surface area contributed by atoms with Crippen molar-refractivity contribution < 1.29 is 4.74 Å². The first-order chi connectivity index (χ1) is 7.86. The smallest absolute Gasteiger partial charge is 0.0587 e. The lowest BCUT2D eigenvalue weighted by atomic mass is 10.2. The molecule has 1 heterocycles. The Kier molecular flexibility index (Phi) is 8.29. The molecule has 3 nitrogen and oxygen atoms in total. The second kappa shape index (κ2) is 9.28. The molecule has 0 aromatic carbocycles. The molecule has 0 saturated carbocycles. The van der Waals surface area contributed by atoms with Crippen LogP contribution in [0.1, 0.15) is 19.8 Å². The number of nitrogens with zero attached hydrogens (tertiary/aromatic N) is 1. The quantitative estimate of drug-likeness (QED) is 0.655. The summed E-state index contributed by atoms with van der Waals surface area (Å²) in [5.74, 6) is 1.32. The van der Waals surface area contributed by atoms with Gasteiger partial charge in [0.25, 0.3) is 0 Å². The van der Waals surface area contributed by atoms with Crippen molar-refractivity contribution in [1.82, 2.24) is 10.2 Å². The summed E-state index contributed by atoms with van der Waals surface area (Å²) in [6.45, 7) is 9.02. The van der Waals surface area contributed by atoms with Crippen molar-refractivity contribution in [2.45, 2.75) is 25.0 Å². The highest BCUT2D eigenvalue weighted by Crippen LogP contribution is 2.20. The normalized spacial score (nSPS) is 22.5. The van der Waals surface area contributed by atoms with Crippen LogP contribution in [0.25, 0.3) is 0 Å². The number of thioether (sulfide) groups is 1. The summed E-state index contributed by atoms with van der Waals surface area (Å²) in [6, 6.07) is 0. The summed E-state index contributed by atoms with van der Waals surface area (Å²) in [5.41, 5.74) is 0. The van der Waals surface area contributed by atoms with E-state index >= 15 is 0 Å². The maximum absolute atomic E-state index is 4.99. The zero-order valence-corrected chi connectivity index (χ0v) is 11.5. The van der Waals surface area contributed by atoms with Gasteiger partial charge in [-0.1, -0.05) is 6.92 Å². The molecule has 1 rings (SSSR count). The third-order valence-electron chi connectivity index (χ3n) is 2.99. The molecule has 0 bridgehead atoms. The van der Waals surface area contributed by atoms with Crippen LogP contribution in [0.15, 0.2) is 0 Å². The van der Waals surface area contributed by atoms with Crippen LogP contribution < -0.4 is 5.32 Å². The van der Waals surface area contributed by atoms with Crippen LogP contribution in [-0.2, 0) is 4.74 Å². The number of hydrogen-bond acceptors (Lipinski definition) is 4. The molecule has 0 amide bonds. The van der Waals surface area contributed by atoms with Crippen molar-refractivity contribution in [2.24, 2.45) is 0 Å². The highest BCUT2D eigenvalue weighted by molar-refractivity contribution is 8.00. The monoisotopic (exact) mass is 246 g/mol. The highest BCUT2D eigenvalue weighted by atomic mass is 32.2. The van der Waals surface area contributed by atoms with Gasteiger partial charge in [-0.25, -0.2) is 0 Å². The summed E-state index contributed by atoms with van der Waals surface area (Å²) in [7, 11) is 1.75. The largest absolute Gasteiger partial charge is 0.383 e. The van der Waals surface area contributed by atoms with Gasteiger partial charge in [0.15, 0.2) is 0 Å². The Morgan fingerprint density at radius 3 is 3.06 bits per heavy atom. The lowest BCUT2D eigenvalue weighted by Crippen LogP contribution is -2.39. The predicted molar refractivity (Wildman–Crippen MR) is 72.3 cm³/mol. The van der Waals surface area contributed by atoms with E-state index in [1.165, 1.54) is 38.2 Å². The summed E-state index contributed by atoms with van der Waals surface area (Å²) in [5, 5.41) is 4.26.